The molecule has 2 aromatic carbocycles. The summed E-state index contributed by atoms with van der Waals surface area (Å²) in [6.45, 7) is 5.29. The van der Waals surface area contributed by atoms with Crippen LogP contribution in [0.15, 0.2) is 53.0 Å². The first kappa shape index (κ1) is 13.2. The average Bonchev–Trinajstić information content (AvgIpc) is 2.37. The van der Waals surface area contributed by atoms with Gasteiger partial charge in [0.05, 0.1) is 0 Å². The molecule has 0 amide bonds. The Morgan fingerprint density at radius 1 is 1.06 bits per heavy atom. The van der Waals surface area contributed by atoms with Gasteiger partial charge in [-0.25, -0.2) is 0 Å². The van der Waals surface area contributed by atoms with E-state index in [1.807, 2.05) is 6.07 Å². The topological polar surface area (TPSA) is 12.0 Å². The molecule has 18 heavy (non-hydrogen) atoms. The predicted molar refractivity (Wildman–Crippen MR) is 82.0 cm³/mol. The molecule has 2 aromatic rings. The molecule has 0 fully saturated rings. The van der Waals surface area contributed by atoms with Gasteiger partial charge in [0, 0.05) is 16.7 Å². The van der Waals surface area contributed by atoms with Crippen LogP contribution in [0.1, 0.15) is 30.9 Å². The lowest BCUT2D eigenvalue weighted by atomic mass is 10.0. The summed E-state index contributed by atoms with van der Waals surface area (Å²) in [5, 5.41) is 3.52. The van der Waals surface area contributed by atoms with Crippen LogP contribution in [0, 0.1) is 0 Å². The van der Waals surface area contributed by atoms with Gasteiger partial charge in [0.1, 0.15) is 0 Å². The molecule has 0 aliphatic rings. The summed E-state index contributed by atoms with van der Waals surface area (Å²) in [6.07, 6.45) is 0. The Kier molecular flexibility index (Phi) is 4.43. The standard InChI is InChI=1S/C16H18BrN/c1-12(2)15-8-3-4-9-16(15)18-11-13-6-5-7-14(17)10-13/h3-10,12,18H,11H2,1-2H3. The molecule has 0 saturated heterocycles. The van der Waals surface area contributed by atoms with Crippen molar-refractivity contribution in [1.82, 2.24) is 0 Å². The van der Waals surface area contributed by atoms with Gasteiger partial charge in [-0.15, -0.1) is 0 Å². The van der Waals surface area contributed by atoms with E-state index in [4.69, 9.17) is 0 Å². The lowest BCUT2D eigenvalue weighted by molar-refractivity contribution is 0.865. The van der Waals surface area contributed by atoms with Crippen molar-refractivity contribution in [2.45, 2.75) is 26.3 Å². The third kappa shape index (κ3) is 3.36. The highest BCUT2D eigenvalue weighted by atomic mass is 79.9. The Hall–Kier alpha value is -1.28. The highest BCUT2D eigenvalue weighted by Crippen LogP contribution is 2.24. The van der Waals surface area contributed by atoms with Gasteiger partial charge in [-0.1, -0.05) is 60.1 Å². The lowest BCUT2D eigenvalue weighted by Gasteiger charge is -2.14. The molecule has 0 atom stereocenters. The quantitative estimate of drug-likeness (QED) is 0.820. The molecule has 0 spiro atoms. The van der Waals surface area contributed by atoms with Gasteiger partial charge >= 0.3 is 0 Å². The van der Waals surface area contributed by atoms with Gasteiger partial charge in [-0.3, -0.25) is 0 Å². The van der Waals surface area contributed by atoms with Crippen LogP contribution in [0.5, 0.6) is 0 Å². The molecule has 0 aromatic heterocycles. The van der Waals surface area contributed by atoms with Crippen molar-refractivity contribution >= 4 is 21.6 Å². The number of anilines is 1. The summed E-state index contributed by atoms with van der Waals surface area (Å²) in [5.41, 5.74) is 3.88. The smallest absolute Gasteiger partial charge is 0.0401 e. The maximum atomic E-state index is 3.52. The zero-order valence-electron chi connectivity index (χ0n) is 10.8. The van der Waals surface area contributed by atoms with Crippen LogP contribution >= 0.6 is 15.9 Å². The molecule has 94 valence electrons. The monoisotopic (exact) mass is 303 g/mol. The predicted octanol–water partition coefficient (Wildman–Crippen LogP) is 5.18. The van der Waals surface area contributed by atoms with Crippen molar-refractivity contribution in [2.24, 2.45) is 0 Å². The first-order valence-electron chi connectivity index (χ1n) is 6.24. The summed E-state index contributed by atoms with van der Waals surface area (Å²) in [5.74, 6) is 0.538. The Morgan fingerprint density at radius 2 is 1.83 bits per heavy atom. The molecule has 1 N–H and O–H groups in total. The number of hydrogen-bond acceptors (Lipinski definition) is 1. The molecule has 1 nitrogen and oxygen atoms in total. The maximum Gasteiger partial charge on any atom is 0.0401 e. The zero-order valence-corrected chi connectivity index (χ0v) is 12.4. The Balaban J connectivity index is 2.11. The van der Waals surface area contributed by atoms with Crippen LogP contribution in [-0.4, -0.2) is 0 Å². The molecule has 0 aliphatic heterocycles. The second-order valence-corrected chi connectivity index (χ2v) is 5.64. The number of benzene rings is 2. The number of nitrogens with one attached hydrogen (secondary N) is 1. The van der Waals surface area contributed by atoms with Crippen molar-refractivity contribution < 1.29 is 0 Å². The molecule has 2 heteroatoms. The average molecular weight is 304 g/mol. The molecule has 0 heterocycles. The minimum atomic E-state index is 0.538. The van der Waals surface area contributed by atoms with E-state index in [0.29, 0.717) is 5.92 Å². The van der Waals surface area contributed by atoms with Crippen molar-refractivity contribution in [3.8, 4) is 0 Å². The third-order valence-corrected chi connectivity index (χ3v) is 3.45. The largest absolute Gasteiger partial charge is 0.381 e. The van der Waals surface area contributed by atoms with Gasteiger partial charge in [-0.2, -0.15) is 0 Å². The van der Waals surface area contributed by atoms with E-state index in [2.05, 4.69) is 77.6 Å². The highest BCUT2D eigenvalue weighted by Gasteiger charge is 2.05. The van der Waals surface area contributed by atoms with E-state index in [0.717, 1.165) is 11.0 Å². The molecule has 0 saturated carbocycles. The van der Waals surface area contributed by atoms with Gasteiger partial charge in [0.2, 0.25) is 0 Å². The van der Waals surface area contributed by atoms with Crippen LogP contribution in [-0.2, 0) is 6.54 Å². The highest BCUT2D eigenvalue weighted by molar-refractivity contribution is 9.10. The van der Waals surface area contributed by atoms with Crippen LogP contribution in [0.3, 0.4) is 0 Å². The van der Waals surface area contributed by atoms with Gasteiger partial charge < -0.3 is 5.32 Å². The first-order chi connectivity index (χ1) is 8.66. The molecular formula is C16H18BrN. The fourth-order valence-electron chi connectivity index (χ4n) is 2.01. The Labute approximate surface area is 117 Å². The third-order valence-electron chi connectivity index (χ3n) is 2.95. The van der Waals surface area contributed by atoms with Crippen molar-refractivity contribution in [1.29, 1.82) is 0 Å². The van der Waals surface area contributed by atoms with Crippen LogP contribution in [0.4, 0.5) is 5.69 Å². The SMILES string of the molecule is CC(C)c1ccccc1NCc1cccc(Br)c1. The van der Waals surface area contributed by atoms with E-state index in [-0.39, 0.29) is 0 Å². The first-order valence-corrected chi connectivity index (χ1v) is 7.03. The van der Waals surface area contributed by atoms with E-state index in [9.17, 15) is 0 Å². The zero-order chi connectivity index (χ0) is 13.0. The van der Waals surface area contributed by atoms with Crippen molar-refractivity contribution in [2.75, 3.05) is 5.32 Å². The Bertz CT molecular complexity index is 520. The molecular weight excluding hydrogens is 286 g/mol. The van der Waals surface area contributed by atoms with Crippen molar-refractivity contribution in [3.05, 3.63) is 64.1 Å². The van der Waals surface area contributed by atoms with Crippen molar-refractivity contribution in [3.63, 3.8) is 0 Å². The molecule has 0 aliphatic carbocycles. The van der Waals surface area contributed by atoms with E-state index in [1.165, 1.54) is 16.8 Å². The second-order valence-electron chi connectivity index (χ2n) is 4.73. The van der Waals surface area contributed by atoms with E-state index in [1.54, 1.807) is 0 Å². The van der Waals surface area contributed by atoms with Gasteiger partial charge in [0.25, 0.3) is 0 Å². The Morgan fingerprint density at radius 3 is 2.56 bits per heavy atom. The fraction of sp³-hybridized carbons (Fsp3) is 0.250. The summed E-state index contributed by atoms with van der Waals surface area (Å²) in [6, 6.07) is 16.9. The summed E-state index contributed by atoms with van der Waals surface area (Å²) < 4.78 is 1.12. The number of rotatable bonds is 4. The fourth-order valence-corrected chi connectivity index (χ4v) is 2.45. The summed E-state index contributed by atoms with van der Waals surface area (Å²) in [7, 11) is 0. The molecule has 0 unspecified atom stereocenters. The second kappa shape index (κ2) is 6.05. The van der Waals surface area contributed by atoms with Crippen LogP contribution in [0.25, 0.3) is 0 Å². The minimum absolute atomic E-state index is 0.538. The minimum Gasteiger partial charge on any atom is -0.381 e. The molecule has 0 radical (unpaired) electrons. The number of halogens is 1. The molecule has 0 bridgehead atoms. The maximum absolute atomic E-state index is 3.52. The van der Waals surface area contributed by atoms with Crippen LogP contribution in [0.2, 0.25) is 0 Å². The normalized spacial score (nSPS) is 10.7. The van der Waals surface area contributed by atoms with E-state index >= 15 is 0 Å². The number of para-hydroxylation sites is 1. The number of hydrogen-bond donors (Lipinski definition) is 1. The van der Waals surface area contributed by atoms with E-state index < -0.39 is 0 Å². The van der Waals surface area contributed by atoms with Gasteiger partial charge in [0.15, 0.2) is 0 Å². The summed E-state index contributed by atoms with van der Waals surface area (Å²) in [4.78, 5) is 0. The summed E-state index contributed by atoms with van der Waals surface area (Å²) >= 11 is 3.50. The van der Waals surface area contributed by atoms with Gasteiger partial charge in [-0.05, 0) is 35.2 Å². The lowest BCUT2D eigenvalue weighted by Crippen LogP contribution is -2.03. The molecule has 2 rings (SSSR count). The van der Waals surface area contributed by atoms with Crippen LogP contribution < -0.4 is 5.32 Å².